The SMILES string of the molecule is CC#CCC(NC(=O)OCC1c2ccccc2-c2ccccc21)C(=O)N1CCCC1CCC(=O)O. The van der Waals surface area contributed by atoms with Crippen LogP contribution in [-0.4, -0.2) is 53.2 Å². The summed E-state index contributed by atoms with van der Waals surface area (Å²) in [5.41, 5.74) is 4.52. The normalized spacial score (nSPS) is 17.1. The number of hydrogen-bond donors (Lipinski definition) is 2. The van der Waals surface area contributed by atoms with Crippen molar-refractivity contribution in [3.05, 3.63) is 59.7 Å². The van der Waals surface area contributed by atoms with Gasteiger partial charge in [-0.05, 0) is 48.4 Å². The van der Waals surface area contributed by atoms with Crippen LogP contribution < -0.4 is 5.32 Å². The van der Waals surface area contributed by atoms with Crippen LogP contribution in [0.1, 0.15) is 56.1 Å². The number of carboxylic acid groups (broad SMARTS) is 1. The van der Waals surface area contributed by atoms with E-state index in [1.54, 1.807) is 11.8 Å². The number of nitrogens with zero attached hydrogens (tertiary/aromatic N) is 1. The summed E-state index contributed by atoms with van der Waals surface area (Å²) < 4.78 is 5.62. The molecule has 0 spiro atoms. The molecule has 7 heteroatoms. The molecule has 0 radical (unpaired) electrons. The van der Waals surface area contributed by atoms with Crippen LogP contribution in [0.3, 0.4) is 0 Å². The fraction of sp³-hybridized carbons (Fsp3) is 0.393. The second kappa shape index (κ2) is 11.1. The first-order chi connectivity index (χ1) is 17.0. The number of fused-ring (bicyclic) bond motifs is 3. The fourth-order valence-electron chi connectivity index (χ4n) is 5.10. The Labute approximate surface area is 205 Å². The lowest BCUT2D eigenvalue weighted by atomic mass is 9.98. The predicted octanol–water partition coefficient (Wildman–Crippen LogP) is 4.16. The molecule has 1 aliphatic carbocycles. The predicted molar refractivity (Wildman–Crippen MR) is 132 cm³/mol. The van der Waals surface area contributed by atoms with Gasteiger partial charge in [-0.3, -0.25) is 9.59 Å². The van der Waals surface area contributed by atoms with Crippen molar-refractivity contribution in [2.75, 3.05) is 13.2 Å². The lowest BCUT2D eigenvalue weighted by molar-refractivity contribution is -0.139. The Hall–Kier alpha value is -3.79. The average molecular weight is 475 g/mol. The lowest BCUT2D eigenvalue weighted by Crippen LogP contribution is -2.50. The molecule has 0 aromatic heterocycles. The summed E-state index contributed by atoms with van der Waals surface area (Å²) in [7, 11) is 0. The average Bonchev–Trinajstić information content (AvgIpc) is 3.46. The van der Waals surface area contributed by atoms with E-state index >= 15 is 0 Å². The summed E-state index contributed by atoms with van der Waals surface area (Å²) in [6.45, 7) is 2.39. The van der Waals surface area contributed by atoms with Gasteiger partial charge in [0.05, 0.1) is 0 Å². The molecule has 1 heterocycles. The van der Waals surface area contributed by atoms with Gasteiger partial charge >= 0.3 is 12.1 Å². The number of amides is 2. The van der Waals surface area contributed by atoms with Crippen LogP contribution in [0.2, 0.25) is 0 Å². The highest BCUT2D eigenvalue weighted by Crippen LogP contribution is 2.44. The first-order valence-electron chi connectivity index (χ1n) is 12.0. The topological polar surface area (TPSA) is 95.9 Å². The van der Waals surface area contributed by atoms with Crippen molar-refractivity contribution in [2.24, 2.45) is 0 Å². The van der Waals surface area contributed by atoms with Gasteiger partial charge in [0, 0.05) is 31.3 Å². The Morgan fingerprint density at radius 2 is 1.77 bits per heavy atom. The minimum atomic E-state index is -0.880. The van der Waals surface area contributed by atoms with Crippen LogP contribution in [0.15, 0.2) is 48.5 Å². The van der Waals surface area contributed by atoms with Crippen LogP contribution in [-0.2, 0) is 14.3 Å². The van der Waals surface area contributed by atoms with Crippen LogP contribution >= 0.6 is 0 Å². The maximum absolute atomic E-state index is 13.3. The molecule has 2 unspecified atom stereocenters. The number of nitrogens with one attached hydrogen (secondary N) is 1. The Bertz CT molecular complexity index is 1120. The summed E-state index contributed by atoms with van der Waals surface area (Å²) in [6, 6.07) is 15.2. The number of likely N-dealkylation sites (tertiary alicyclic amines) is 1. The van der Waals surface area contributed by atoms with Crippen molar-refractivity contribution in [1.82, 2.24) is 10.2 Å². The number of rotatable bonds is 8. The van der Waals surface area contributed by atoms with E-state index in [4.69, 9.17) is 9.84 Å². The highest BCUT2D eigenvalue weighted by atomic mass is 16.5. The minimum Gasteiger partial charge on any atom is -0.481 e. The first kappa shape index (κ1) is 24.3. The zero-order chi connectivity index (χ0) is 24.8. The summed E-state index contributed by atoms with van der Waals surface area (Å²) in [4.78, 5) is 38.7. The highest BCUT2D eigenvalue weighted by molar-refractivity contribution is 5.86. The third-order valence-corrected chi connectivity index (χ3v) is 6.77. The molecular weight excluding hydrogens is 444 g/mol. The number of carboxylic acids is 1. The number of hydrogen-bond acceptors (Lipinski definition) is 4. The van der Waals surface area contributed by atoms with Gasteiger partial charge in [-0.2, -0.15) is 0 Å². The number of carbonyl (C=O) groups is 3. The zero-order valence-corrected chi connectivity index (χ0v) is 19.8. The van der Waals surface area contributed by atoms with E-state index in [1.807, 2.05) is 24.3 Å². The molecule has 1 saturated heterocycles. The van der Waals surface area contributed by atoms with Crippen molar-refractivity contribution in [1.29, 1.82) is 0 Å². The van der Waals surface area contributed by atoms with Gasteiger partial charge in [0.1, 0.15) is 12.6 Å². The molecule has 35 heavy (non-hydrogen) atoms. The van der Waals surface area contributed by atoms with E-state index in [0.29, 0.717) is 13.0 Å². The number of ether oxygens (including phenoxy) is 1. The molecule has 2 atom stereocenters. The van der Waals surface area contributed by atoms with Crippen LogP contribution in [0.4, 0.5) is 4.79 Å². The molecule has 7 nitrogen and oxygen atoms in total. The summed E-state index contributed by atoms with van der Waals surface area (Å²) in [5.74, 6) is 4.47. The second-order valence-electron chi connectivity index (χ2n) is 8.91. The van der Waals surface area contributed by atoms with E-state index in [0.717, 1.165) is 35.1 Å². The number of carbonyl (C=O) groups excluding carboxylic acids is 2. The van der Waals surface area contributed by atoms with E-state index in [9.17, 15) is 14.4 Å². The fourth-order valence-corrected chi connectivity index (χ4v) is 5.10. The quantitative estimate of drug-likeness (QED) is 0.560. The van der Waals surface area contributed by atoms with Crippen molar-refractivity contribution in [3.63, 3.8) is 0 Å². The van der Waals surface area contributed by atoms with Gasteiger partial charge < -0.3 is 20.1 Å². The van der Waals surface area contributed by atoms with Gasteiger partial charge in [0.15, 0.2) is 0 Å². The number of aliphatic carboxylic acids is 1. The zero-order valence-electron chi connectivity index (χ0n) is 19.8. The summed E-state index contributed by atoms with van der Waals surface area (Å²) in [5, 5.41) is 11.7. The molecule has 2 aromatic rings. The monoisotopic (exact) mass is 474 g/mol. The Kier molecular flexibility index (Phi) is 7.71. The largest absolute Gasteiger partial charge is 0.481 e. The Balaban J connectivity index is 1.41. The summed E-state index contributed by atoms with van der Waals surface area (Å²) >= 11 is 0. The minimum absolute atomic E-state index is 0.00762. The van der Waals surface area contributed by atoms with Gasteiger partial charge in [-0.1, -0.05) is 48.5 Å². The maximum atomic E-state index is 13.3. The third-order valence-electron chi connectivity index (χ3n) is 6.77. The first-order valence-corrected chi connectivity index (χ1v) is 12.0. The molecule has 4 rings (SSSR count). The standard InChI is InChI=1S/C28H30N2O5/c1-2-3-14-25(27(33)30-17-8-9-19(30)15-16-26(31)32)29-28(34)35-18-24-22-12-6-4-10-20(22)21-11-5-7-13-23(21)24/h4-7,10-13,19,24-25H,8-9,14-18H2,1H3,(H,29,34)(H,31,32). The molecule has 2 aromatic carbocycles. The summed E-state index contributed by atoms with van der Waals surface area (Å²) in [6.07, 6.45) is 1.49. The van der Waals surface area contributed by atoms with E-state index in [2.05, 4.69) is 41.4 Å². The lowest BCUT2D eigenvalue weighted by Gasteiger charge is -2.28. The molecule has 1 fully saturated rings. The van der Waals surface area contributed by atoms with Crippen LogP contribution in [0.5, 0.6) is 0 Å². The number of benzene rings is 2. The van der Waals surface area contributed by atoms with Gasteiger partial charge in [0.25, 0.3) is 0 Å². The molecule has 182 valence electrons. The molecule has 2 aliphatic rings. The van der Waals surface area contributed by atoms with Gasteiger partial charge in [-0.15, -0.1) is 11.8 Å². The van der Waals surface area contributed by atoms with E-state index < -0.39 is 18.1 Å². The molecule has 2 N–H and O–H groups in total. The molecule has 0 saturated carbocycles. The van der Waals surface area contributed by atoms with E-state index in [-0.39, 0.29) is 37.3 Å². The van der Waals surface area contributed by atoms with Crippen molar-refractivity contribution < 1.29 is 24.2 Å². The van der Waals surface area contributed by atoms with Crippen molar-refractivity contribution in [2.45, 2.75) is 57.0 Å². The second-order valence-corrected chi connectivity index (χ2v) is 8.91. The third kappa shape index (κ3) is 5.48. The molecular formula is C28H30N2O5. The Morgan fingerprint density at radius 3 is 2.40 bits per heavy atom. The van der Waals surface area contributed by atoms with Crippen LogP contribution in [0.25, 0.3) is 11.1 Å². The van der Waals surface area contributed by atoms with E-state index in [1.165, 1.54) is 0 Å². The Morgan fingerprint density at radius 1 is 1.11 bits per heavy atom. The highest BCUT2D eigenvalue weighted by Gasteiger charge is 2.34. The molecule has 0 bridgehead atoms. The number of alkyl carbamates (subject to hydrolysis) is 1. The maximum Gasteiger partial charge on any atom is 0.407 e. The van der Waals surface area contributed by atoms with Gasteiger partial charge in [-0.25, -0.2) is 4.79 Å². The molecule has 1 aliphatic heterocycles. The van der Waals surface area contributed by atoms with Crippen molar-refractivity contribution in [3.8, 4) is 23.0 Å². The smallest absolute Gasteiger partial charge is 0.407 e. The van der Waals surface area contributed by atoms with Crippen LogP contribution in [0, 0.1) is 11.8 Å². The van der Waals surface area contributed by atoms with Gasteiger partial charge in [0.2, 0.25) is 5.91 Å². The molecule has 2 amide bonds. The van der Waals surface area contributed by atoms with Crippen molar-refractivity contribution >= 4 is 18.0 Å².